The molecule has 0 spiro atoms. The molecule has 0 bridgehead atoms. The predicted molar refractivity (Wildman–Crippen MR) is 71.6 cm³/mol. The maximum Gasteiger partial charge on any atom is 0.244 e. The van der Waals surface area contributed by atoms with E-state index in [4.69, 9.17) is 10.8 Å². The van der Waals surface area contributed by atoms with E-state index in [1.807, 2.05) is 6.08 Å². The average Bonchev–Trinajstić information content (AvgIpc) is 2.31. The molecule has 0 rings (SSSR count). The van der Waals surface area contributed by atoms with E-state index in [1.54, 1.807) is 6.92 Å². The third kappa shape index (κ3) is 11.4. The first-order valence-electron chi connectivity index (χ1n) is 6.76. The highest BCUT2D eigenvalue weighted by Gasteiger charge is 1.95. The molecule has 0 unspecified atom stereocenters. The number of nitrogens with two attached hydrogens (primary N) is 1. The first kappa shape index (κ1) is 16.2. The number of hydrogen-bond acceptors (Lipinski definition) is 2. The van der Waals surface area contributed by atoms with Gasteiger partial charge in [0.05, 0.1) is 0 Å². The van der Waals surface area contributed by atoms with Crippen LogP contribution in [0.2, 0.25) is 0 Å². The van der Waals surface area contributed by atoms with Gasteiger partial charge in [0.2, 0.25) is 5.91 Å². The number of unbranched alkanes of at least 4 members (excludes halogenated alkanes) is 8. The number of hydrogen-bond donors (Lipinski definition) is 2. The van der Waals surface area contributed by atoms with Crippen molar-refractivity contribution in [3.63, 3.8) is 0 Å². The van der Waals surface area contributed by atoms with Crippen LogP contribution in [-0.4, -0.2) is 17.6 Å². The van der Waals surface area contributed by atoms with Crippen LogP contribution in [0.15, 0.2) is 11.6 Å². The van der Waals surface area contributed by atoms with Gasteiger partial charge in [-0.15, -0.1) is 0 Å². The summed E-state index contributed by atoms with van der Waals surface area (Å²) in [6, 6.07) is 0. The molecule has 0 aromatic carbocycles. The fourth-order valence-electron chi connectivity index (χ4n) is 1.74. The van der Waals surface area contributed by atoms with Crippen molar-refractivity contribution in [1.82, 2.24) is 0 Å². The van der Waals surface area contributed by atoms with E-state index in [-0.39, 0.29) is 5.91 Å². The second kappa shape index (κ2) is 11.6. The van der Waals surface area contributed by atoms with E-state index in [2.05, 4.69) is 0 Å². The van der Waals surface area contributed by atoms with Crippen molar-refractivity contribution < 1.29 is 9.90 Å². The number of carbonyl (C=O) groups is 1. The van der Waals surface area contributed by atoms with Crippen LogP contribution in [0.4, 0.5) is 0 Å². The summed E-state index contributed by atoms with van der Waals surface area (Å²) in [6.07, 6.45) is 12.4. The molecule has 17 heavy (non-hydrogen) atoms. The predicted octanol–water partition coefficient (Wildman–Crippen LogP) is 2.92. The number of primary amides is 1. The molecule has 0 radical (unpaired) electrons. The van der Waals surface area contributed by atoms with Gasteiger partial charge in [0.25, 0.3) is 0 Å². The molecule has 0 saturated carbocycles. The van der Waals surface area contributed by atoms with Crippen LogP contribution in [0.1, 0.15) is 64.7 Å². The lowest BCUT2D eigenvalue weighted by Gasteiger charge is -2.01. The van der Waals surface area contributed by atoms with Crippen molar-refractivity contribution in [2.24, 2.45) is 5.73 Å². The minimum absolute atomic E-state index is 0.311. The summed E-state index contributed by atoms with van der Waals surface area (Å²) < 4.78 is 0. The molecule has 0 aliphatic carbocycles. The van der Waals surface area contributed by atoms with Crippen LogP contribution in [0, 0.1) is 0 Å². The van der Waals surface area contributed by atoms with Gasteiger partial charge in [-0.25, -0.2) is 0 Å². The van der Waals surface area contributed by atoms with Crippen LogP contribution in [0.25, 0.3) is 0 Å². The average molecular weight is 241 g/mol. The number of aliphatic hydroxyl groups excluding tert-OH is 1. The molecule has 0 fully saturated rings. The zero-order valence-corrected chi connectivity index (χ0v) is 11.1. The van der Waals surface area contributed by atoms with E-state index in [9.17, 15) is 4.79 Å². The standard InChI is InChI=1S/C14H27NO2/c1-13(14(15)17)11-9-7-5-3-2-4-6-8-10-12-16/h11,16H,2-10,12H2,1H3,(H2,15,17). The van der Waals surface area contributed by atoms with Crippen LogP contribution in [0.3, 0.4) is 0 Å². The topological polar surface area (TPSA) is 63.3 Å². The van der Waals surface area contributed by atoms with E-state index in [1.165, 1.54) is 32.1 Å². The van der Waals surface area contributed by atoms with Crippen molar-refractivity contribution in [2.75, 3.05) is 6.61 Å². The summed E-state index contributed by atoms with van der Waals surface area (Å²) in [5.74, 6) is -0.311. The summed E-state index contributed by atoms with van der Waals surface area (Å²) in [6.45, 7) is 2.09. The van der Waals surface area contributed by atoms with Crippen LogP contribution < -0.4 is 5.73 Å². The molecule has 3 nitrogen and oxygen atoms in total. The molecular weight excluding hydrogens is 214 g/mol. The molecule has 0 aliphatic heterocycles. The molecule has 0 atom stereocenters. The van der Waals surface area contributed by atoms with Crippen molar-refractivity contribution in [3.8, 4) is 0 Å². The number of allylic oxidation sites excluding steroid dienone is 1. The molecule has 3 heteroatoms. The molecule has 0 aromatic rings. The van der Waals surface area contributed by atoms with Crippen LogP contribution >= 0.6 is 0 Å². The Labute approximate surface area is 105 Å². The van der Waals surface area contributed by atoms with Gasteiger partial charge in [0, 0.05) is 12.2 Å². The summed E-state index contributed by atoms with van der Waals surface area (Å²) >= 11 is 0. The highest BCUT2D eigenvalue weighted by atomic mass is 16.2. The van der Waals surface area contributed by atoms with Crippen molar-refractivity contribution in [3.05, 3.63) is 11.6 Å². The summed E-state index contributed by atoms with van der Waals surface area (Å²) in [5, 5.41) is 8.61. The summed E-state index contributed by atoms with van der Waals surface area (Å²) in [7, 11) is 0. The van der Waals surface area contributed by atoms with Gasteiger partial charge in [0.15, 0.2) is 0 Å². The number of rotatable bonds is 11. The summed E-state index contributed by atoms with van der Waals surface area (Å²) in [5.41, 5.74) is 5.81. The molecule has 0 aromatic heterocycles. The smallest absolute Gasteiger partial charge is 0.244 e. The van der Waals surface area contributed by atoms with E-state index < -0.39 is 0 Å². The Hall–Kier alpha value is -0.830. The van der Waals surface area contributed by atoms with Crippen LogP contribution in [-0.2, 0) is 4.79 Å². The first-order valence-corrected chi connectivity index (χ1v) is 6.76. The van der Waals surface area contributed by atoms with Crippen molar-refractivity contribution >= 4 is 5.91 Å². The monoisotopic (exact) mass is 241 g/mol. The SMILES string of the molecule is CC(=CCCCCCCCCCCO)C(N)=O. The Morgan fingerprint density at radius 1 is 1.00 bits per heavy atom. The number of amides is 1. The maximum absolute atomic E-state index is 10.7. The lowest BCUT2D eigenvalue weighted by Crippen LogP contribution is -2.11. The van der Waals surface area contributed by atoms with E-state index in [0.29, 0.717) is 12.2 Å². The zero-order chi connectivity index (χ0) is 12.9. The molecular formula is C14H27NO2. The fourth-order valence-corrected chi connectivity index (χ4v) is 1.74. The highest BCUT2D eigenvalue weighted by molar-refractivity contribution is 5.91. The first-order chi connectivity index (χ1) is 8.18. The van der Waals surface area contributed by atoms with Crippen molar-refractivity contribution in [2.45, 2.75) is 64.7 Å². The van der Waals surface area contributed by atoms with Crippen molar-refractivity contribution in [1.29, 1.82) is 0 Å². The largest absolute Gasteiger partial charge is 0.396 e. The normalized spacial score (nSPS) is 11.8. The Morgan fingerprint density at radius 2 is 1.47 bits per heavy atom. The maximum atomic E-state index is 10.7. The molecule has 3 N–H and O–H groups in total. The minimum atomic E-state index is -0.311. The van der Waals surface area contributed by atoms with E-state index >= 15 is 0 Å². The van der Waals surface area contributed by atoms with Gasteiger partial charge in [-0.1, -0.05) is 44.6 Å². The molecule has 1 amide bonds. The van der Waals surface area contributed by atoms with Gasteiger partial charge in [-0.3, -0.25) is 4.79 Å². The third-order valence-electron chi connectivity index (χ3n) is 2.95. The number of aliphatic hydroxyl groups is 1. The Morgan fingerprint density at radius 3 is 1.94 bits per heavy atom. The van der Waals surface area contributed by atoms with Gasteiger partial charge < -0.3 is 10.8 Å². The molecule has 0 aliphatic rings. The van der Waals surface area contributed by atoms with Gasteiger partial charge in [-0.2, -0.15) is 0 Å². The molecule has 0 saturated heterocycles. The molecule has 0 heterocycles. The quantitative estimate of drug-likeness (QED) is 0.431. The van der Waals surface area contributed by atoms with E-state index in [0.717, 1.165) is 25.7 Å². The number of carbonyl (C=O) groups excluding carboxylic acids is 1. The lowest BCUT2D eigenvalue weighted by atomic mass is 10.1. The molecule has 100 valence electrons. The van der Waals surface area contributed by atoms with Crippen LogP contribution in [0.5, 0.6) is 0 Å². The minimum Gasteiger partial charge on any atom is -0.396 e. The lowest BCUT2D eigenvalue weighted by molar-refractivity contribution is -0.114. The Bertz CT molecular complexity index is 224. The second-order valence-corrected chi connectivity index (χ2v) is 4.59. The third-order valence-corrected chi connectivity index (χ3v) is 2.95. The highest BCUT2D eigenvalue weighted by Crippen LogP contribution is 2.10. The Kier molecular flexibility index (Phi) is 11.1. The van der Waals surface area contributed by atoms with Gasteiger partial charge in [-0.05, 0) is 26.2 Å². The van der Waals surface area contributed by atoms with Gasteiger partial charge >= 0.3 is 0 Å². The Balaban J connectivity index is 3.19. The second-order valence-electron chi connectivity index (χ2n) is 4.59. The summed E-state index contributed by atoms with van der Waals surface area (Å²) in [4.78, 5) is 10.7. The zero-order valence-electron chi connectivity index (χ0n) is 11.1. The van der Waals surface area contributed by atoms with Gasteiger partial charge in [0.1, 0.15) is 0 Å². The fraction of sp³-hybridized carbons (Fsp3) is 0.786.